The molecule has 0 aliphatic carbocycles. The Kier molecular flexibility index (Phi) is 7.76. The van der Waals surface area contributed by atoms with E-state index in [-0.39, 0.29) is 5.97 Å². The van der Waals surface area contributed by atoms with Crippen LogP contribution >= 0.6 is 0 Å². The van der Waals surface area contributed by atoms with Gasteiger partial charge in [0.05, 0.1) is 6.61 Å². The van der Waals surface area contributed by atoms with E-state index >= 15 is 0 Å². The molecule has 0 radical (unpaired) electrons. The lowest BCUT2D eigenvalue weighted by Crippen LogP contribution is -2.01. The third-order valence-electron chi connectivity index (χ3n) is 1.48. The van der Waals surface area contributed by atoms with Crippen LogP contribution in [0.3, 0.4) is 0 Å². The number of carbonyl (C=O) groups is 1. The second kappa shape index (κ2) is 8.31. The Bertz CT molecular complexity index is 139. The lowest BCUT2D eigenvalue weighted by Gasteiger charge is -1.99. The molecule has 0 spiro atoms. The number of esters is 1. The van der Waals surface area contributed by atoms with Crippen molar-refractivity contribution < 1.29 is 9.53 Å². The Labute approximate surface area is 74.6 Å². The fourth-order valence-corrected chi connectivity index (χ4v) is 0.787. The summed E-state index contributed by atoms with van der Waals surface area (Å²) >= 11 is 0. The maximum atomic E-state index is 10.9. The van der Waals surface area contributed by atoms with Crippen LogP contribution in [-0.4, -0.2) is 12.6 Å². The third-order valence-corrected chi connectivity index (χ3v) is 1.48. The molecular formula is C10H18O2. The molecule has 0 aromatic heterocycles. The molecule has 0 aromatic carbocycles. The van der Waals surface area contributed by atoms with Crippen molar-refractivity contribution in [1.29, 1.82) is 0 Å². The molecule has 0 aliphatic rings. The van der Waals surface area contributed by atoms with E-state index in [2.05, 4.69) is 6.92 Å². The molecule has 0 fully saturated rings. The molecule has 0 bridgehead atoms. The maximum absolute atomic E-state index is 10.9. The predicted molar refractivity (Wildman–Crippen MR) is 49.9 cm³/mol. The Morgan fingerprint density at radius 3 is 2.67 bits per heavy atom. The largest absolute Gasteiger partial charge is 0.463 e. The first-order valence-electron chi connectivity index (χ1n) is 4.64. The van der Waals surface area contributed by atoms with Gasteiger partial charge in [-0.05, 0) is 12.8 Å². The first-order chi connectivity index (χ1) is 5.81. The molecule has 0 unspecified atom stereocenters. The van der Waals surface area contributed by atoms with Gasteiger partial charge in [-0.3, -0.25) is 0 Å². The molecule has 0 atom stereocenters. The second-order valence-corrected chi connectivity index (χ2v) is 2.69. The van der Waals surface area contributed by atoms with Crippen LogP contribution in [-0.2, 0) is 9.53 Å². The van der Waals surface area contributed by atoms with Gasteiger partial charge in [-0.2, -0.15) is 0 Å². The van der Waals surface area contributed by atoms with Gasteiger partial charge < -0.3 is 4.74 Å². The van der Waals surface area contributed by atoms with Gasteiger partial charge in [-0.15, -0.1) is 0 Å². The fraction of sp³-hybridized carbons (Fsp3) is 0.700. The summed E-state index contributed by atoms with van der Waals surface area (Å²) in [5, 5.41) is 0. The highest BCUT2D eigenvalue weighted by Crippen LogP contribution is 1.94. The predicted octanol–water partition coefficient (Wildman–Crippen LogP) is 2.69. The number of ether oxygens (including phenoxy) is 1. The lowest BCUT2D eigenvalue weighted by molar-refractivity contribution is -0.137. The molecule has 0 saturated heterocycles. The van der Waals surface area contributed by atoms with Gasteiger partial charge in [-0.1, -0.05) is 32.8 Å². The fourth-order valence-electron chi connectivity index (χ4n) is 0.787. The highest BCUT2D eigenvalue weighted by atomic mass is 16.5. The first-order valence-corrected chi connectivity index (χ1v) is 4.64. The number of allylic oxidation sites excluding steroid dienone is 1. The number of hydrogen-bond acceptors (Lipinski definition) is 2. The molecule has 0 saturated carbocycles. The van der Waals surface area contributed by atoms with Crippen LogP contribution in [0.4, 0.5) is 0 Å². The van der Waals surface area contributed by atoms with Crippen LogP contribution in [0.5, 0.6) is 0 Å². The van der Waals surface area contributed by atoms with Crippen molar-refractivity contribution in [1.82, 2.24) is 0 Å². The monoisotopic (exact) mass is 170 g/mol. The van der Waals surface area contributed by atoms with E-state index in [1.54, 1.807) is 0 Å². The van der Waals surface area contributed by atoms with Gasteiger partial charge in [0.15, 0.2) is 0 Å². The molecule has 0 aliphatic heterocycles. The molecule has 0 aromatic rings. The Morgan fingerprint density at radius 2 is 2.08 bits per heavy atom. The average molecular weight is 170 g/mol. The van der Waals surface area contributed by atoms with Crippen LogP contribution < -0.4 is 0 Å². The van der Waals surface area contributed by atoms with Gasteiger partial charge >= 0.3 is 5.97 Å². The van der Waals surface area contributed by atoms with Crippen molar-refractivity contribution in [2.24, 2.45) is 0 Å². The number of hydrogen-bond donors (Lipinski definition) is 0. The number of unbranched alkanes of at least 4 members (excludes halogenated alkanes) is 2. The highest BCUT2D eigenvalue weighted by Gasteiger charge is 1.94. The average Bonchev–Trinajstić information content (AvgIpc) is 2.09. The van der Waals surface area contributed by atoms with Crippen LogP contribution in [0.15, 0.2) is 12.2 Å². The Hall–Kier alpha value is -0.790. The molecule has 0 rings (SSSR count). The van der Waals surface area contributed by atoms with Crippen molar-refractivity contribution in [2.45, 2.75) is 39.5 Å². The zero-order valence-electron chi connectivity index (χ0n) is 8.01. The van der Waals surface area contributed by atoms with E-state index < -0.39 is 0 Å². The quantitative estimate of drug-likeness (QED) is 0.348. The summed E-state index contributed by atoms with van der Waals surface area (Å²) in [6.07, 6.45) is 7.44. The van der Waals surface area contributed by atoms with Gasteiger partial charge in [0.25, 0.3) is 0 Å². The van der Waals surface area contributed by atoms with Crippen molar-refractivity contribution in [3.05, 3.63) is 12.2 Å². The standard InChI is InChI=1S/C10H18O2/c1-3-5-7-9-12-10(11)8-6-4-2/h6,8H,3-5,7,9H2,1-2H3. The summed E-state index contributed by atoms with van der Waals surface area (Å²) in [5.41, 5.74) is 0. The van der Waals surface area contributed by atoms with E-state index in [1.807, 2.05) is 13.0 Å². The summed E-state index contributed by atoms with van der Waals surface area (Å²) in [6, 6.07) is 0. The molecule has 70 valence electrons. The third kappa shape index (κ3) is 7.32. The molecule has 12 heavy (non-hydrogen) atoms. The summed E-state index contributed by atoms with van der Waals surface area (Å²) in [4.78, 5) is 10.9. The van der Waals surface area contributed by atoms with Gasteiger partial charge in [-0.25, -0.2) is 4.79 Å². The summed E-state index contributed by atoms with van der Waals surface area (Å²) in [5.74, 6) is -0.215. The SMILES string of the molecule is CCC=CC(=O)OCCCCC. The van der Waals surface area contributed by atoms with Gasteiger partial charge in [0.1, 0.15) is 0 Å². The number of carbonyl (C=O) groups excluding carboxylic acids is 1. The van der Waals surface area contributed by atoms with Crippen LogP contribution in [0.1, 0.15) is 39.5 Å². The Morgan fingerprint density at radius 1 is 1.33 bits per heavy atom. The van der Waals surface area contributed by atoms with Crippen LogP contribution in [0.25, 0.3) is 0 Å². The molecule has 0 amide bonds. The zero-order chi connectivity index (χ0) is 9.23. The molecule has 2 heteroatoms. The van der Waals surface area contributed by atoms with Gasteiger partial charge in [0, 0.05) is 6.08 Å². The van der Waals surface area contributed by atoms with Crippen molar-refractivity contribution in [2.75, 3.05) is 6.61 Å². The van der Waals surface area contributed by atoms with E-state index in [0.29, 0.717) is 6.61 Å². The Balaban J connectivity index is 3.25. The van der Waals surface area contributed by atoms with Crippen molar-refractivity contribution >= 4 is 5.97 Å². The van der Waals surface area contributed by atoms with E-state index in [9.17, 15) is 4.79 Å². The molecule has 2 nitrogen and oxygen atoms in total. The topological polar surface area (TPSA) is 26.3 Å². The zero-order valence-corrected chi connectivity index (χ0v) is 8.01. The summed E-state index contributed by atoms with van der Waals surface area (Å²) < 4.78 is 4.92. The molecule has 0 heterocycles. The van der Waals surface area contributed by atoms with E-state index in [0.717, 1.165) is 25.7 Å². The van der Waals surface area contributed by atoms with E-state index in [1.165, 1.54) is 6.08 Å². The smallest absolute Gasteiger partial charge is 0.330 e. The van der Waals surface area contributed by atoms with Gasteiger partial charge in [0.2, 0.25) is 0 Å². The first kappa shape index (κ1) is 11.2. The minimum atomic E-state index is -0.215. The molecule has 0 N–H and O–H groups in total. The highest BCUT2D eigenvalue weighted by molar-refractivity contribution is 5.81. The maximum Gasteiger partial charge on any atom is 0.330 e. The minimum Gasteiger partial charge on any atom is -0.463 e. The minimum absolute atomic E-state index is 0.215. The normalized spacial score (nSPS) is 10.5. The summed E-state index contributed by atoms with van der Waals surface area (Å²) in [7, 11) is 0. The number of rotatable bonds is 6. The van der Waals surface area contributed by atoms with Crippen molar-refractivity contribution in [3.8, 4) is 0 Å². The van der Waals surface area contributed by atoms with Crippen LogP contribution in [0, 0.1) is 0 Å². The van der Waals surface area contributed by atoms with E-state index in [4.69, 9.17) is 4.74 Å². The lowest BCUT2D eigenvalue weighted by atomic mass is 10.3. The molecular weight excluding hydrogens is 152 g/mol. The second-order valence-electron chi connectivity index (χ2n) is 2.69. The summed E-state index contributed by atoms with van der Waals surface area (Å²) in [6.45, 7) is 4.67. The van der Waals surface area contributed by atoms with Crippen molar-refractivity contribution in [3.63, 3.8) is 0 Å². The van der Waals surface area contributed by atoms with Crippen LogP contribution in [0.2, 0.25) is 0 Å².